The molecule has 1 aliphatic heterocycles. The van der Waals surface area contributed by atoms with Gasteiger partial charge in [-0.15, -0.1) is 0 Å². The number of hydrogen-bond acceptors (Lipinski definition) is 2. The van der Waals surface area contributed by atoms with Gasteiger partial charge in [0, 0.05) is 26.2 Å². The average molecular weight is 252 g/mol. The van der Waals surface area contributed by atoms with Gasteiger partial charge >= 0.3 is 0 Å². The topological polar surface area (TPSA) is 15.3 Å². The van der Waals surface area contributed by atoms with E-state index < -0.39 is 0 Å². The van der Waals surface area contributed by atoms with Crippen LogP contribution in [0.2, 0.25) is 0 Å². The quantitative estimate of drug-likeness (QED) is 0.808. The van der Waals surface area contributed by atoms with Crippen LogP contribution in [0.1, 0.15) is 52.9 Å². The van der Waals surface area contributed by atoms with Crippen LogP contribution in [-0.4, -0.2) is 37.6 Å². The molecule has 18 heavy (non-hydrogen) atoms. The molecule has 2 aliphatic rings. The molecule has 2 nitrogen and oxygen atoms in total. The van der Waals surface area contributed by atoms with Gasteiger partial charge < -0.3 is 10.2 Å². The first-order valence-corrected chi connectivity index (χ1v) is 8.06. The number of likely N-dealkylation sites (tertiary alicyclic amines) is 1. The molecule has 0 spiro atoms. The van der Waals surface area contributed by atoms with Gasteiger partial charge in [0.25, 0.3) is 0 Å². The van der Waals surface area contributed by atoms with E-state index in [0.29, 0.717) is 5.41 Å². The van der Waals surface area contributed by atoms with Crippen LogP contribution in [0.25, 0.3) is 0 Å². The van der Waals surface area contributed by atoms with E-state index in [1.807, 2.05) is 0 Å². The van der Waals surface area contributed by atoms with E-state index in [2.05, 4.69) is 31.0 Å². The van der Waals surface area contributed by atoms with Crippen LogP contribution in [0.3, 0.4) is 0 Å². The van der Waals surface area contributed by atoms with Crippen LogP contribution in [0, 0.1) is 17.3 Å². The van der Waals surface area contributed by atoms with E-state index in [9.17, 15) is 0 Å². The third-order valence-electron chi connectivity index (χ3n) is 4.92. The zero-order valence-corrected chi connectivity index (χ0v) is 12.7. The maximum atomic E-state index is 3.62. The molecule has 2 unspecified atom stereocenters. The summed E-state index contributed by atoms with van der Waals surface area (Å²) in [5, 5.41) is 3.62. The Morgan fingerprint density at radius 1 is 1.11 bits per heavy atom. The van der Waals surface area contributed by atoms with Crippen molar-refractivity contribution in [2.45, 2.75) is 52.9 Å². The summed E-state index contributed by atoms with van der Waals surface area (Å²) in [6.07, 6.45) is 7.21. The molecule has 2 heteroatoms. The van der Waals surface area contributed by atoms with E-state index in [1.54, 1.807) is 0 Å². The maximum Gasteiger partial charge on any atom is 0.00504 e. The monoisotopic (exact) mass is 252 g/mol. The zero-order chi connectivity index (χ0) is 13.0. The summed E-state index contributed by atoms with van der Waals surface area (Å²) >= 11 is 0. The molecular weight excluding hydrogens is 220 g/mol. The lowest BCUT2D eigenvalue weighted by Gasteiger charge is -2.41. The Kier molecular flexibility index (Phi) is 5.08. The molecule has 1 aliphatic carbocycles. The third kappa shape index (κ3) is 3.71. The van der Waals surface area contributed by atoms with Crippen LogP contribution < -0.4 is 5.32 Å². The minimum Gasteiger partial charge on any atom is -0.316 e. The normalized spacial score (nSPS) is 32.8. The van der Waals surface area contributed by atoms with Crippen LogP contribution in [-0.2, 0) is 0 Å². The fourth-order valence-corrected chi connectivity index (χ4v) is 4.30. The highest BCUT2D eigenvalue weighted by Gasteiger charge is 2.36. The van der Waals surface area contributed by atoms with Crippen molar-refractivity contribution < 1.29 is 0 Å². The van der Waals surface area contributed by atoms with E-state index >= 15 is 0 Å². The predicted molar refractivity (Wildman–Crippen MR) is 78.8 cm³/mol. The van der Waals surface area contributed by atoms with Gasteiger partial charge in [-0.05, 0) is 43.1 Å². The average Bonchev–Trinajstić information content (AvgIpc) is 2.74. The first-order chi connectivity index (χ1) is 8.63. The lowest BCUT2D eigenvalue weighted by molar-refractivity contribution is 0.0834. The van der Waals surface area contributed by atoms with E-state index in [0.717, 1.165) is 18.4 Å². The Balaban J connectivity index is 1.91. The Bertz CT molecular complexity index is 235. The summed E-state index contributed by atoms with van der Waals surface area (Å²) in [4.78, 5) is 2.77. The maximum absolute atomic E-state index is 3.62. The van der Waals surface area contributed by atoms with Gasteiger partial charge in [-0.2, -0.15) is 0 Å². The highest BCUT2D eigenvalue weighted by Crippen LogP contribution is 2.39. The fourth-order valence-electron chi connectivity index (χ4n) is 4.30. The molecule has 2 atom stereocenters. The SMILES string of the molecule is CCNCC1(CN2CC(C)CC(C)C2)CCCC1. The molecule has 2 rings (SSSR count). The number of rotatable bonds is 5. The summed E-state index contributed by atoms with van der Waals surface area (Å²) < 4.78 is 0. The zero-order valence-electron chi connectivity index (χ0n) is 12.7. The lowest BCUT2D eigenvalue weighted by Crippen LogP contribution is -2.47. The van der Waals surface area contributed by atoms with Gasteiger partial charge in [0.2, 0.25) is 0 Å². The first kappa shape index (κ1) is 14.3. The van der Waals surface area contributed by atoms with Gasteiger partial charge in [-0.25, -0.2) is 0 Å². The molecule has 1 heterocycles. The predicted octanol–water partition coefficient (Wildman–Crippen LogP) is 3.13. The smallest absolute Gasteiger partial charge is 0.00504 e. The number of nitrogens with zero attached hydrogens (tertiary/aromatic N) is 1. The Hall–Kier alpha value is -0.0800. The van der Waals surface area contributed by atoms with Gasteiger partial charge in [0.05, 0.1) is 0 Å². The number of piperidine rings is 1. The largest absolute Gasteiger partial charge is 0.316 e. The van der Waals surface area contributed by atoms with Crippen molar-refractivity contribution in [3.05, 3.63) is 0 Å². The van der Waals surface area contributed by atoms with Gasteiger partial charge in [-0.3, -0.25) is 0 Å². The Morgan fingerprint density at radius 2 is 1.72 bits per heavy atom. The summed E-state index contributed by atoms with van der Waals surface area (Å²) in [6.45, 7) is 13.4. The second-order valence-corrected chi connectivity index (χ2v) is 7.13. The van der Waals surface area contributed by atoms with E-state index in [-0.39, 0.29) is 0 Å². The van der Waals surface area contributed by atoms with Crippen molar-refractivity contribution in [3.63, 3.8) is 0 Å². The molecule has 0 amide bonds. The molecule has 0 aromatic rings. The van der Waals surface area contributed by atoms with Crippen LogP contribution in [0.15, 0.2) is 0 Å². The molecule has 1 saturated heterocycles. The molecule has 1 saturated carbocycles. The fraction of sp³-hybridized carbons (Fsp3) is 1.00. The second kappa shape index (κ2) is 6.38. The Morgan fingerprint density at radius 3 is 2.28 bits per heavy atom. The lowest BCUT2D eigenvalue weighted by atomic mass is 9.83. The first-order valence-electron chi connectivity index (χ1n) is 8.06. The summed E-state index contributed by atoms with van der Waals surface area (Å²) in [5.41, 5.74) is 0.590. The van der Waals surface area contributed by atoms with Crippen molar-refractivity contribution in [3.8, 4) is 0 Å². The van der Waals surface area contributed by atoms with Crippen molar-refractivity contribution in [1.82, 2.24) is 10.2 Å². The van der Waals surface area contributed by atoms with Gasteiger partial charge in [-0.1, -0.05) is 33.6 Å². The van der Waals surface area contributed by atoms with Crippen molar-refractivity contribution >= 4 is 0 Å². The number of hydrogen-bond donors (Lipinski definition) is 1. The van der Waals surface area contributed by atoms with E-state index in [1.165, 1.54) is 58.3 Å². The molecule has 2 fully saturated rings. The van der Waals surface area contributed by atoms with Gasteiger partial charge in [0.15, 0.2) is 0 Å². The molecule has 106 valence electrons. The molecule has 1 N–H and O–H groups in total. The number of nitrogens with one attached hydrogen (secondary N) is 1. The summed E-state index contributed by atoms with van der Waals surface area (Å²) in [6, 6.07) is 0. The van der Waals surface area contributed by atoms with Crippen LogP contribution in [0.5, 0.6) is 0 Å². The second-order valence-electron chi connectivity index (χ2n) is 7.13. The standard InChI is InChI=1S/C16H32N2/c1-4-17-12-16(7-5-6-8-16)13-18-10-14(2)9-15(3)11-18/h14-15,17H,4-13H2,1-3H3. The molecule has 0 bridgehead atoms. The summed E-state index contributed by atoms with van der Waals surface area (Å²) in [5.74, 6) is 1.79. The minimum atomic E-state index is 0.590. The van der Waals surface area contributed by atoms with Gasteiger partial charge in [0.1, 0.15) is 0 Å². The molecule has 0 radical (unpaired) electrons. The van der Waals surface area contributed by atoms with Crippen molar-refractivity contribution in [1.29, 1.82) is 0 Å². The van der Waals surface area contributed by atoms with E-state index in [4.69, 9.17) is 0 Å². The molecule has 0 aromatic carbocycles. The van der Waals surface area contributed by atoms with Crippen LogP contribution in [0.4, 0.5) is 0 Å². The highest BCUT2D eigenvalue weighted by molar-refractivity contribution is 4.91. The highest BCUT2D eigenvalue weighted by atomic mass is 15.1. The minimum absolute atomic E-state index is 0.590. The molecular formula is C16H32N2. The summed E-state index contributed by atoms with van der Waals surface area (Å²) in [7, 11) is 0. The van der Waals surface area contributed by atoms with Crippen molar-refractivity contribution in [2.24, 2.45) is 17.3 Å². The van der Waals surface area contributed by atoms with Crippen molar-refractivity contribution in [2.75, 3.05) is 32.7 Å². The third-order valence-corrected chi connectivity index (χ3v) is 4.92. The Labute approximate surface area is 114 Å². The molecule has 0 aromatic heterocycles. The van der Waals surface area contributed by atoms with Crippen LogP contribution >= 0.6 is 0 Å².